The van der Waals surface area contributed by atoms with E-state index in [4.69, 9.17) is 0 Å². The van der Waals surface area contributed by atoms with Crippen molar-refractivity contribution in [3.05, 3.63) is 96.7 Å². The molecule has 0 saturated carbocycles. The molecular formula is C19H22. The van der Waals surface area contributed by atoms with Crippen LogP contribution in [0.3, 0.4) is 0 Å². The average molecular weight is 250 g/mol. The van der Waals surface area contributed by atoms with Crippen LogP contribution in [0.5, 0.6) is 0 Å². The molecule has 1 atom stereocenters. The average Bonchev–Trinajstić information content (AvgIpc) is 2.46. The van der Waals surface area contributed by atoms with Crippen LogP contribution in [0.4, 0.5) is 0 Å². The summed E-state index contributed by atoms with van der Waals surface area (Å²) in [4.78, 5) is 0. The van der Waals surface area contributed by atoms with Gasteiger partial charge in [0.15, 0.2) is 0 Å². The lowest BCUT2D eigenvalue weighted by Crippen LogP contribution is -2.03. The molecule has 0 aliphatic rings. The van der Waals surface area contributed by atoms with Gasteiger partial charge in [-0.25, -0.2) is 0 Å². The van der Waals surface area contributed by atoms with Crippen molar-refractivity contribution in [3.8, 4) is 0 Å². The topological polar surface area (TPSA) is 0 Å². The van der Waals surface area contributed by atoms with Crippen molar-refractivity contribution in [2.45, 2.75) is 19.8 Å². The molecule has 0 bridgehead atoms. The summed E-state index contributed by atoms with van der Waals surface area (Å²) in [5.74, 6) is 0.206. The van der Waals surface area contributed by atoms with E-state index in [2.05, 4.69) is 62.6 Å². The summed E-state index contributed by atoms with van der Waals surface area (Å²) in [5.41, 5.74) is 3.69. The van der Waals surface area contributed by atoms with E-state index in [1.807, 2.05) is 31.2 Å². The summed E-state index contributed by atoms with van der Waals surface area (Å²) in [5, 5.41) is 0. The predicted molar refractivity (Wildman–Crippen MR) is 86.2 cm³/mol. The summed E-state index contributed by atoms with van der Waals surface area (Å²) in [6, 6.07) is 10.5. The first-order valence-electron chi connectivity index (χ1n) is 6.57. The van der Waals surface area contributed by atoms with Crippen LogP contribution in [0.1, 0.15) is 25.3 Å². The summed E-state index contributed by atoms with van der Waals surface area (Å²) < 4.78 is 0. The van der Waals surface area contributed by atoms with E-state index in [0.717, 1.165) is 5.57 Å². The fourth-order valence-electron chi connectivity index (χ4n) is 2.19. The Morgan fingerprint density at radius 1 is 1.05 bits per heavy atom. The minimum Gasteiger partial charge on any atom is -0.0991 e. The van der Waals surface area contributed by atoms with E-state index in [9.17, 15) is 0 Å². The van der Waals surface area contributed by atoms with Crippen LogP contribution in [0.25, 0.3) is 0 Å². The third-order valence-electron chi connectivity index (χ3n) is 3.04. The lowest BCUT2D eigenvalue weighted by Gasteiger charge is -2.20. The van der Waals surface area contributed by atoms with E-state index >= 15 is 0 Å². The normalized spacial score (nSPS) is 14.4. The van der Waals surface area contributed by atoms with Gasteiger partial charge < -0.3 is 0 Å². The van der Waals surface area contributed by atoms with Gasteiger partial charge >= 0.3 is 0 Å². The van der Waals surface area contributed by atoms with Gasteiger partial charge in [-0.1, -0.05) is 79.9 Å². The molecule has 0 nitrogen and oxygen atoms in total. The summed E-state index contributed by atoms with van der Waals surface area (Å²) >= 11 is 0. The molecule has 0 amide bonds. The molecule has 1 aromatic rings. The van der Waals surface area contributed by atoms with Crippen LogP contribution < -0.4 is 0 Å². The Balaban J connectivity index is 3.37. The molecule has 19 heavy (non-hydrogen) atoms. The zero-order chi connectivity index (χ0) is 14.1. The van der Waals surface area contributed by atoms with Crippen LogP contribution in [0.2, 0.25) is 0 Å². The zero-order valence-corrected chi connectivity index (χ0v) is 11.8. The highest BCUT2D eigenvalue weighted by molar-refractivity contribution is 5.47. The number of benzene rings is 1. The molecular weight excluding hydrogens is 228 g/mol. The predicted octanol–water partition coefficient (Wildman–Crippen LogP) is 5.59. The Morgan fingerprint density at radius 2 is 1.74 bits per heavy atom. The van der Waals surface area contributed by atoms with E-state index < -0.39 is 0 Å². The molecule has 1 aromatic carbocycles. The lowest BCUT2D eigenvalue weighted by atomic mass is 9.84. The molecule has 1 rings (SSSR count). The molecule has 0 fully saturated rings. The third-order valence-corrected chi connectivity index (χ3v) is 3.04. The van der Waals surface area contributed by atoms with Gasteiger partial charge in [0.2, 0.25) is 0 Å². The summed E-state index contributed by atoms with van der Waals surface area (Å²) in [7, 11) is 0. The first kappa shape index (κ1) is 15.0. The zero-order valence-electron chi connectivity index (χ0n) is 11.8. The van der Waals surface area contributed by atoms with Gasteiger partial charge in [-0.2, -0.15) is 0 Å². The van der Waals surface area contributed by atoms with E-state index in [1.165, 1.54) is 11.1 Å². The standard InChI is InChI=1S/C19H22/c1-5-12-16(7-3)19(17(8-4)13-6-2)18-14-10-9-11-15-18/h5-15,19H,1,3H2,2,4H3/b13-6-,16-12+,17-8+. The van der Waals surface area contributed by atoms with Crippen molar-refractivity contribution < 1.29 is 0 Å². The Morgan fingerprint density at radius 3 is 2.21 bits per heavy atom. The third kappa shape index (κ3) is 3.96. The maximum absolute atomic E-state index is 3.94. The number of allylic oxidation sites excluding steroid dienone is 8. The largest absolute Gasteiger partial charge is 0.0991 e. The molecule has 0 heterocycles. The van der Waals surface area contributed by atoms with E-state index in [-0.39, 0.29) is 5.92 Å². The van der Waals surface area contributed by atoms with Crippen LogP contribution >= 0.6 is 0 Å². The summed E-state index contributed by atoms with van der Waals surface area (Å²) in [6.07, 6.45) is 12.1. The van der Waals surface area contributed by atoms with Crippen molar-refractivity contribution in [2.24, 2.45) is 0 Å². The Bertz CT molecular complexity index is 498. The molecule has 0 aromatic heterocycles. The Kier molecular flexibility index (Phi) is 6.38. The molecule has 0 spiro atoms. The van der Waals surface area contributed by atoms with Crippen molar-refractivity contribution in [1.29, 1.82) is 0 Å². The number of hydrogen-bond donors (Lipinski definition) is 0. The molecule has 0 heteroatoms. The first-order chi connectivity index (χ1) is 9.28. The molecule has 98 valence electrons. The van der Waals surface area contributed by atoms with Crippen molar-refractivity contribution in [1.82, 2.24) is 0 Å². The van der Waals surface area contributed by atoms with Crippen LogP contribution in [-0.2, 0) is 0 Å². The van der Waals surface area contributed by atoms with Crippen molar-refractivity contribution >= 4 is 0 Å². The molecule has 0 radical (unpaired) electrons. The maximum atomic E-state index is 3.94. The fraction of sp³-hybridized carbons (Fsp3) is 0.158. The van der Waals surface area contributed by atoms with Gasteiger partial charge in [0.1, 0.15) is 0 Å². The van der Waals surface area contributed by atoms with Crippen LogP contribution in [0.15, 0.2) is 91.1 Å². The number of rotatable bonds is 6. The van der Waals surface area contributed by atoms with Gasteiger partial charge in [0.05, 0.1) is 0 Å². The summed E-state index contributed by atoms with van der Waals surface area (Å²) in [6.45, 7) is 11.8. The van der Waals surface area contributed by atoms with Gasteiger partial charge in [-0.3, -0.25) is 0 Å². The Labute approximate surface area is 117 Å². The van der Waals surface area contributed by atoms with E-state index in [0.29, 0.717) is 0 Å². The highest BCUT2D eigenvalue weighted by Crippen LogP contribution is 2.33. The molecule has 0 aliphatic carbocycles. The molecule has 0 saturated heterocycles. The number of hydrogen-bond acceptors (Lipinski definition) is 0. The Hall–Kier alpha value is -2.08. The van der Waals surface area contributed by atoms with Gasteiger partial charge in [-0.05, 0) is 30.6 Å². The van der Waals surface area contributed by atoms with Crippen LogP contribution in [-0.4, -0.2) is 0 Å². The SMILES string of the molecule is C=C/C=C(\C=C)C(C(/C=C\C)=C/C)c1ccccc1. The molecule has 0 N–H and O–H groups in total. The monoisotopic (exact) mass is 250 g/mol. The van der Waals surface area contributed by atoms with Crippen molar-refractivity contribution in [3.63, 3.8) is 0 Å². The highest BCUT2D eigenvalue weighted by atomic mass is 14.2. The second-order valence-corrected chi connectivity index (χ2v) is 4.24. The van der Waals surface area contributed by atoms with Gasteiger partial charge in [0, 0.05) is 5.92 Å². The lowest BCUT2D eigenvalue weighted by molar-refractivity contribution is 0.973. The first-order valence-corrected chi connectivity index (χ1v) is 6.57. The fourth-order valence-corrected chi connectivity index (χ4v) is 2.19. The highest BCUT2D eigenvalue weighted by Gasteiger charge is 2.16. The second kappa shape index (κ2) is 8.10. The van der Waals surface area contributed by atoms with E-state index in [1.54, 1.807) is 0 Å². The molecule has 0 aliphatic heterocycles. The minimum absolute atomic E-state index is 0.206. The smallest absolute Gasteiger partial charge is 0.0336 e. The van der Waals surface area contributed by atoms with Crippen LogP contribution in [0, 0.1) is 0 Å². The second-order valence-electron chi connectivity index (χ2n) is 4.24. The van der Waals surface area contributed by atoms with Gasteiger partial charge in [0.25, 0.3) is 0 Å². The van der Waals surface area contributed by atoms with Gasteiger partial charge in [-0.15, -0.1) is 0 Å². The minimum atomic E-state index is 0.206. The maximum Gasteiger partial charge on any atom is 0.0336 e. The van der Waals surface area contributed by atoms with Crippen molar-refractivity contribution in [2.75, 3.05) is 0 Å². The molecule has 1 unspecified atom stereocenters. The quantitative estimate of drug-likeness (QED) is 0.577.